The molecule has 0 amide bonds. The van der Waals surface area contributed by atoms with Crippen molar-refractivity contribution < 1.29 is 39.6 Å². The summed E-state index contributed by atoms with van der Waals surface area (Å²) in [5.41, 5.74) is 0. The second-order valence-corrected chi connectivity index (χ2v) is 2.08. The summed E-state index contributed by atoms with van der Waals surface area (Å²) in [4.78, 5) is 36.0. The second kappa shape index (κ2) is 56.3. The van der Waals surface area contributed by atoms with Crippen LogP contribution in [0, 0.1) is 0 Å². The Balaban J connectivity index is -0.00000001000. The molecule has 0 aromatic rings. The van der Waals surface area contributed by atoms with Gasteiger partial charge in [0.05, 0.1) is 0 Å². The second-order valence-electron chi connectivity index (χ2n) is 2.08. The van der Waals surface area contributed by atoms with Crippen molar-refractivity contribution in [1.29, 1.82) is 0 Å². The van der Waals surface area contributed by atoms with Crippen molar-refractivity contribution in [2.24, 2.45) is 0 Å². The summed E-state index contributed by atoms with van der Waals surface area (Å²) < 4.78 is 0. The predicted octanol–water partition coefficient (Wildman–Crippen LogP) is -3.53. The van der Waals surface area contributed by atoms with Gasteiger partial charge in [0.25, 0.3) is 23.9 Å². The first kappa shape index (κ1) is 63.5. The molecule has 0 atom stereocenters. The average Bonchev–Trinajstić information content (AvgIpc) is 1.76. The fraction of sp³-hybridized carbons (Fsp3) is 0.500. The predicted molar refractivity (Wildman–Crippen MR) is 96.1 cm³/mol. The summed E-state index contributed by atoms with van der Waals surface area (Å²) in [5, 5.41) is 29.7. The zero-order chi connectivity index (χ0) is 14.3. The van der Waals surface area contributed by atoms with E-state index in [1.165, 1.54) is 0 Å². The van der Waals surface area contributed by atoms with E-state index in [9.17, 15) is 0 Å². The number of hydrogen-bond donors (Lipinski definition) is 4. The van der Waals surface area contributed by atoms with Crippen molar-refractivity contribution in [3.63, 3.8) is 0 Å². The monoisotopic (exact) mass is 384 g/mol. The third-order valence-electron chi connectivity index (χ3n) is 0. The first-order valence-electron chi connectivity index (χ1n) is 3.71. The van der Waals surface area contributed by atoms with Crippen LogP contribution in [0.3, 0.4) is 0 Å². The first-order chi connectivity index (χ1) is 6.93. The Labute approximate surface area is 263 Å². The van der Waals surface area contributed by atoms with Crippen LogP contribution in [0.4, 0.5) is 0 Å². The van der Waals surface area contributed by atoms with Crippen LogP contribution >= 0.6 is 0 Å². The third kappa shape index (κ3) is 830. The van der Waals surface area contributed by atoms with Gasteiger partial charge in [-0.15, -0.1) is 0 Å². The molecule has 108 valence electrons. The number of carboxylic acids is 4. The van der Waals surface area contributed by atoms with Gasteiger partial charge in [-0.05, 0) is 0 Å². The zero-order valence-corrected chi connectivity index (χ0v) is 9.42. The van der Waals surface area contributed by atoms with Crippen LogP contribution in [-0.2, 0) is 19.2 Å². The molecule has 0 spiro atoms. The van der Waals surface area contributed by atoms with E-state index in [0.29, 0.717) is 0 Å². The molecule has 0 heterocycles. The molecule has 0 aliphatic rings. The van der Waals surface area contributed by atoms with Crippen LogP contribution < -0.4 is 0 Å². The Morgan fingerprint density at radius 2 is 0.409 bits per heavy atom. The van der Waals surface area contributed by atoms with Crippen LogP contribution in [0.25, 0.3) is 0 Å². The Morgan fingerprint density at radius 1 is 0.409 bits per heavy atom. The van der Waals surface area contributed by atoms with Crippen LogP contribution in [0.5, 0.6) is 0 Å². The van der Waals surface area contributed by atoms with Crippen molar-refractivity contribution in [3.8, 4) is 0 Å². The fourth-order valence-corrected chi connectivity index (χ4v) is 0. The number of rotatable bonds is 0. The summed E-state index contributed by atoms with van der Waals surface area (Å²) in [6.07, 6.45) is 0. The van der Waals surface area contributed by atoms with E-state index in [1.807, 2.05) is 0 Å². The molecule has 0 saturated carbocycles. The van der Waals surface area contributed by atoms with Gasteiger partial charge in [-0.1, -0.05) is 0 Å². The van der Waals surface area contributed by atoms with Gasteiger partial charge in [0, 0.05) is 27.7 Å². The molecule has 0 aliphatic heterocycles. The average molecular weight is 384 g/mol. The van der Waals surface area contributed by atoms with E-state index in [-0.39, 0.29) is 177 Å². The Hall–Kier alpha value is 3.88. The van der Waals surface area contributed by atoms with E-state index < -0.39 is 23.9 Å². The van der Waals surface area contributed by atoms with Crippen molar-refractivity contribution in [2.45, 2.75) is 27.7 Å². The first-order valence-corrected chi connectivity index (χ1v) is 3.71. The Kier molecular flexibility index (Phi) is 162. The van der Waals surface area contributed by atoms with Crippen molar-refractivity contribution in [1.82, 2.24) is 0 Å². The van der Waals surface area contributed by atoms with Gasteiger partial charge in [-0.3, -0.25) is 19.2 Å². The molecular weight excluding hydrogens is 362 g/mol. The molecule has 0 bridgehead atoms. The van der Waals surface area contributed by atoms with Crippen molar-refractivity contribution in [2.75, 3.05) is 0 Å². The van der Waals surface area contributed by atoms with Gasteiger partial charge in [-0.25, -0.2) is 0 Å². The third-order valence-corrected chi connectivity index (χ3v) is 0. The number of aliphatic carboxylic acids is 4. The van der Waals surface area contributed by atoms with Gasteiger partial charge in [0.15, 0.2) is 0 Å². The van der Waals surface area contributed by atoms with Crippen LogP contribution in [-0.4, -0.2) is 222 Å². The molecule has 0 aromatic heterocycles. The van der Waals surface area contributed by atoms with Gasteiger partial charge in [0.2, 0.25) is 0 Å². The Bertz CT molecular complexity index is 175. The van der Waals surface area contributed by atoms with Gasteiger partial charge in [0.1, 0.15) is 0 Å². The van der Waals surface area contributed by atoms with E-state index in [4.69, 9.17) is 39.6 Å². The normalized spacial score (nSPS) is 4.55. The summed E-state index contributed by atoms with van der Waals surface area (Å²) in [6.45, 7) is 4.33. The summed E-state index contributed by atoms with van der Waals surface area (Å²) in [6, 6.07) is 0. The van der Waals surface area contributed by atoms with Gasteiger partial charge in [-0.2, -0.15) is 0 Å². The summed E-state index contributed by atoms with van der Waals surface area (Å²) in [7, 11) is 0. The standard InChI is InChI=1S/4C2H4O2.6Na.6H/c4*1-2(3)4;;;;;;;;;;;;/h4*1H3,(H,3,4);;;;;;;;;;;;. The van der Waals surface area contributed by atoms with E-state index in [2.05, 4.69) is 0 Å². The van der Waals surface area contributed by atoms with Crippen molar-refractivity contribution >= 4 is 201 Å². The van der Waals surface area contributed by atoms with Crippen molar-refractivity contribution in [3.05, 3.63) is 0 Å². The molecule has 0 unspecified atom stereocenters. The molecule has 14 heteroatoms. The zero-order valence-electron chi connectivity index (χ0n) is 9.42. The van der Waals surface area contributed by atoms with E-state index >= 15 is 0 Å². The molecule has 22 heavy (non-hydrogen) atoms. The molecule has 0 aliphatic carbocycles. The van der Waals surface area contributed by atoms with Crippen LogP contribution in [0.15, 0.2) is 0 Å². The van der Waals surface area contributed by atoms with Crippen LogP contribution in [0.2, 0.25) is 0 Å². The molecule has 4 N–H and O–H groups in total. The topological polar surface area (TPSA) is 149 Å². The summed E-state index contributed by atoms with van der Waals surface area (Å²) in [5.74, 6) is -3.33. The SMILES string of the molecule is CC(=O)O.CC(=O)O.CC(=O)O.CC(=O)O.[NaH].[NaH].[NaH].[NaH].[NaH].[NaH]. The van der Waals surface area contributed by atoms with Gasteiger partial charge < -0.3 is 20.4 Å². The quantitative estimate of drug-likeness (QED) is 0.314. The van der Waals surface area contributed by atoms with Crippen LogP contribution in [0.1, 0.15) is 27.7 Å². The minimum atomic E-state index is -0.833. The molecule has 0 aromatic carbocycles. The maximum absolute atomic E-state index is 9.00. The number of carboxylic acid groups (broad SMARTS) is 4. The molecule has 0 radical (unpaired) electrons. The van der Waals surface area contributed by atoms with E-state index in [1.54, 1.807) is 0 Å². The molecule has 8 nitrogen and oxygen atoms in total. The fourth-order valence-electron chi connectivity index (χ4n) is 0. The molecule has 0 fully saturated rings. The molecular formula is C8H22Na6O8. The Morgan fingerprint density at radius 3 is 0.409 bits per heavy atom. The summed E-state index contributed by atoms with van der Waals surface area (Å²) >= 11 is 0. The van der Waals surface area contributed by atoms with E-state index in [0.717, 1.165) is 27.7 Å². The van der Waals surface area contributed by atoms with Gasteiger partial charge >= 0.3 is 177 Å². The minimum absolute atomic E-state index is 0. The molecule has 0 saturated heterocycles. The number of carbonyl (C=O) groups is 4. The maximum atomic E-state index is 9.00. The molecule has 0 rings (SSSR count). The number of hydrogen-bond acceptors (Lipinski definition) is 4.